The van der Waals surface area contributed by atoms with E-state index in [1.807, 2.05) is 52.1 Å². The summed E-state index contributed by atoms with van der Waals surface area (Å²) in [6.45, 7) is -1.25. The molecule has 0 fully saturated rings. The summed E-state index contributed by atoms with van der Waals surface area (Å²) in [5, 5.41) is 34.4. The zero-order valence-electron chi connectivity index (χ0n) is 14.1. The van der Waals surface area contributed by atoms with Crippen molar-refractivity contribution in [3.05, 3.63) is 0 Å². The van der Waals surface area contributed by atoms with E-state index in [9.17, 15) is 0 Å². The Morgan fingerprint density at radius 3 is 0.435 bits per heavy atom. The second-order valence-corrected chi connectivity index (χ2v) is 3.21. The molecule has 0 bridgehead atoms. The van der Waals surface area contributed by atoms with Crippen molar-refractivity contribution >= 4 is 32.4 Å². The summed E-state index contributed by atoms with van der Waals surface area (Å²) in [5.41, 5.74) is 0. The van der Waals surface area contributed by atoms with Gasteiger partial charge in [0.05, 0.1) is 0 Å². The van der Waals surface area contributed by atoms with Crippen LogP contribution in [0, 0.1) is 0 Å². The molecule has 0 saturated carbocycles. The minimum Gasteiger partial charge on any atom is -0.483 e. The number of hydrogen-bond acceptors (Lipinski definition) is 7. The average Bonchev–Trinajstić information content (AvgIpc) is 2.31. The first kappa shape index (κ1) is 42.7. The molecular weight excluding hydrogens is 320 g/mol. The van der Waals surface area contributed by atoms with Crippen LogP contribution in [0.25, 0.3) is 0 Å². The number of carboxylic acid groups (broad SMARTS) is 5. The summed E-state index contributed by atoms with van der Waals surface area (Å²) < 4.78 is 0. The van der Waals surface area contributed by atoms with Gasteiger partial charge in [0.2, 0.25) is 0 Å². The normalized spacial score (nSPS) is 5.74. The van der Waals surface area contributed by atoms with Gasteiger partial charge in [-0.25, -0.2) is 0 Å². The van der Waals surface area contributed by atoms with E-state index < -0.39 is 0 Å². The highest BCUT2D eigenvalue weighted by Crippen LogP contribution is 1.48. The lowest BCUT2D eigenvalue weighted by Crippen LogP contribution is -1.99. The Balaban J connectivity index is -0.0000000261. The third-order valence-electron chi connectivity index (χ3n) is 0. The van der Waals surface area contributed by atoms with E-state index in [1.165, 1.54) is 0 Å². The molecule has 0 aromatic rings. The second-order valence-electron chi connectivity index (χ2n) is 3.21. The molecule has 0 aromatic carbocycles. The fourth-order valence-electron chi connectivity index (χ4n) is 0. The predicted molar refractivity (Wildman–Crippen MR) is 82.7 cm³/mol. The minimum absolute atomic E-state index is 0.250. The highest BCUT2D eigenvalue weighted by molar-refractivity contribution is 5.33. The van der Waals surface area contributed by atoms with Crippen molar-refractivity contribution in [1.82, 2.24) is 9.80 Å². The van der Waals surface area contributed by atoms with Gasteiger partial charge in [0.15, 0.2) is 0 Å². The van der Waals surface area contributed by atoms with Gasteiger partial charge < -0.3 is 35.3 Å². The van der Waals surface area contributed by atoms with Gasteiger partial charge in [-0.1, -0.05) is 0 Å². The molecule has 0 aromatic heterocycles. The SMILES string of the molecule is CN(C)C.CN(C)C.O=CO.O=CO.O=CO.O=CO.O=CO. The number of rotatable bonds is 0. The Labute approximate surface area is 135 Å². The maximum atomic E-state index is 8.36. The van der Waals surface area contributed by atoms with Crippen LogP contribution in [0.5, 0.6) is 0 Å². The Morgan fingerprint density at radius 1 is 0.435 bits per heavy atom. The van der Waals surface area contributed by atoms with Crippen LogP contribution in [-0.2, 0) is 24.0 Å². The van der Waals surface area contributed by atoms with Crippen LogP contribution < -0.4 is 0 Å². The highest BCUT2D eigenvalue weighted by Gasteiger charge is 1.58. The molecule has 12 heteroatoms. The fraction of sp³-hybridized carbons (Fsp3) is 0.545. The van der Waals surface area contributed by atoms with E-state index in [2.05, 4.69) is 0 Å². The Hall–Kier alpha value is -2.73. The molecule has 0 spiro atoms. The quantitative estimate of drug-likeness (QED) is 0.331. The van der Waals surface area contributed by atoms with E-state index in [1.54, 1.807) is 0 Å². The van der Waals surface area contributed by atoms with Gasteiger partial charge in [0, 0.05) is 0 Å². The molecule has 0 aliphatic heterocycles. The maximum absolute atomic E-state index is 8.36. The van der Waals surface area contributed by atoms with Crippen LogP contribution >= 0.6 is 0 Å². The molecule has 12 nitrogen and oxygen atoms in total. The number of hydrogen-bond donors (Lipinski definition) is 5. The zero-order chi connectivity index (χ0) is 20.7. The molecule has 0 heterocycles. The van der Waals surface area contributed by atoms with E-state index in [4.69, 9.17) is 49.5 Å². The molecule has 0 saturated heterocycles. The van der Waals surface area contributed by atoms with Crippen LogP contribution in [-0.4, -0.2) is 110 Å². The lowest BCUT2D eigenvalue weighted by atomic mass is 11.0. The van der Waals surface area contributed by atoms with Crippen molar-refractivity contribution < 1.29 is 49.5 Å². The van der Waals surface area contributed by atoms with Crippen molar-refractivity contribution in [2.75, 3.05) is 42.3 Å². The van der Waals surface area contributed by atoms with E-state index in [-0.39, 0.29) is 32.4 Å². The predicted octanol–water partition coefficient (Wildman–Crippen LogP) is -1.14. The van der Waals surface area contributed by atoms with Crippen molar-refractivity contribution in [2.45, 2.75) is 0 Å². The smallest absolute Gasteiger partial charge is 0.290 e. The summed E-state index contributed by atoms with van der Waals surface area (Å²) in [7, 11) is 12.0. The van der Waals surface area contributed by atoms with Crippen molar-refractivity contribution in [3.63, 3.8) is 0 Å². The van der Waals surface area contributed by atoms with Crippen molar-refractivity contribution in [1.29, 1.82) is 0 Å². The molecule has 142 valence electrons. The molecule has 0 atom stereocenters. The maximum Gasteiger partial charge on any atom is 0.290 e. The molecule has 0 aliphatic rings. The molecule has 5 N–H and O–H groups in total. The summed E-state index contributed by atoms with van der Waals surface area (Å²) in [6.07, 6.45) is 0. The molecule has 0 aliphatic carbocycles. The average molecular weight is 348 g/mol. The van der Waals surface area contributed by atoms with Gasteiger partial charge >= 0.3 is 0 Å². The molecule has 0 radical (unpaired) electrons. The first-order valence-electron chi connectivity index (χ1n) is 5.15. The molecule has 0 rings (SSSR count). The van der Waals surface area contributed by atoms with Crippen LogP contribution in [0.2, 0.25) is 0 Å². The summed E-state index contributed by atoms with van der Waals surface area (Å²) in [5.74, 6) is 0. The third-order valence-corrected chi connectivity index (χ3v) is 0. The summed E-state index contributed by atoms with van der Waals surface area (Å²) in [6, 6.07) is 0. The van der Waals surface area contributed by atoms with Gasteiger partial charge in [-0.15, -0.1) is 0 Å². The zero-order valence-corrected chi connectivity index (χ0v) is 14.1. The van der Waals surface area contributed by atoms with Crippen molar-refractivity contribution in [3.8, 4) is 0 Å². The largest absolute Gasteiger partial charge is 0.483 e. The van der Waals surface area contributed by atoms with Gasteiger partial charge in [-0.2, -0.15) is 0 Å². The first-order valence-corrected chi connectivity index (χ1v) is 5.15. The Bertz CT molecular complexity index is 155. The van der Waals surface area contributed by atoms with Gasteiger partial charge in [-0.3, -0.25) is 24.0 Å². The Kier molecular flexibility index (Phi) is 175. The third kappa shape index (κ3) is 771. The molecular formula is C11H28N2O10. The number of carbonyl (C=O) groups is 5. The number of nitrogens with zero attached hydrogens (tertiary/aromatic N) is 2. The van der Waals surface area contributed by atoms with Crippen LogP contribution in [0.15, 0.2) is 0 Å². The molecule has 0 amide bonds. The lowest BCUT2D eigenvalue weighted by molar-refractivity contribution is -0.123. The topological polar surface area (TPSA) is 193 Å². The van der Waals surface area contributed by atoms with Gasteiger partial charge in [0.1, 0.15) is 0 Å². The van der Waals surface area contributed by atoms with Gasteiger partial charge in [0.25, 0.3) is 32.4 Å². The second kappa shape index (κ2) is 94.0. The molecule has 0 unspecified atom stereocenters. The monoisotopic (exact) mass is 348 g/mol. The summed E-state index contributed by atoms with van der Waals surface area (Å²) >= 11 is 0. The van der Waals surface area contributed by atoms with Gasteiger partial charge in [-0.05, 0) is 42.3 Å². The highest BCUT2D eigenvalue weighted by atomic mass is 16.4. The van der Waals surface area contributed by atoms with E-state index in [0.29, 0.717) is 0 Å². The first-order chi connectivity index (χ1) is 10.5. The van der Waals surface area contributed by atoms with E-state index >= 15 is 0 Å². The minimum atomic E-state index is -0.250. The fourth-order valence-corrected chi connectivity index (χ4v) is 0. The van der Waals surface area contributed by atoms with Crippen LogP contribution in [0.3, 0.4) is 0 Å². The standard InChI is InChI=1S/2C3H9N.5CH2O2/c2*1-4(2)3;5*2-1-3/h2*1-3H3;5*1H,(H,2,3). The summed E-state index contributed by atoms with van der Waals surface area (Å²) in [4.78, 5) is 45.8. The molecule has 23 heavy (non-hydrogen) atoms. The lowest BCUT2D eigenvalue weighted by Gasteiger charge is -1.90. The van der Waals surface area contributed by atoms with Crippen molar-refractivity contribution in [2.24, 2.45) is 0 Å². The Morgan fingerprint density at radius 2 is 0.435 bits per heavy atom. The van der Waals surface area contributed by atoms with Crippen LogP contribution in [0.4, 0.5) is 0 Å². The van der Waals surface area contributed by atoms with E-state index in [0.717, 1.165) is 0 Å². The van der Waals surface area contributed by atoms with Crippen LogP contribution in [0.1, 0.15) is 0 Å².